The lowest BCUT2D eigenvalue weighted by Crippen LogP contribution is -2.48. The smallest absolute Gasteiger partial charge is 0.323 e. The van der Waals surface area contributed by atoms with Gasteiger partial charge in [-0.1, -0.05) is 19.4 Å². The fourth-order valence-electron chi connectivity index (χ4n) is 1.78. The molecule has 0 radical (unpaired) electrons. The number of carboxylic acid groups (broad SMARTS) is 1. The van der Waals surface area contributed by atoms with E-state index in [0.717, 1.165) is 17.5 Å². The van der Waals surface area contributed by atoms with Crippen molar-refractivity contribution in [1.82, 2.24) is 10.3 Å². The average Bonchev–Trinajstić information content (AvgIpc) is 2.27. The minimum absolute atomic E-state index is 0.525. The maximum absolute atomic E-state index is 11.2. The number of carboxylic acids is 1. The minimum atomic E-state index is -0.863. The first-order valence-electron chi connectivity index (χ1n) is 5.87. The average molecular weight is 236 g/mol. The molecule has 4 heteroatoms. The van der Waals surface area contributed by atoms with E-state index >= 15 is 0 Å². The van der Waals surface area contributed by atoms with Crippen molar-refractivity contribution in [3.63, 3.8) is 0 Å². The Bertz CT molecular complexity index is 393. The van der Waals surface area contributed by atoms with Gasteiger partial charge < -0.3 is 5.11 Å². The summed E-state index contributed by atoms with van der Waals surface area (Å²) in [5, 5.41) is 12.3. The van der Waals surface area contributed by atoms with Gasteiger partial charge in [0.1, 0.15) is 5.54 Å². The molecule has 0 fully saturated rings. The van der Waals surface area contributed by atoms with Gasteiger partial charge in [-0.25, -0.2) is 0 Å². The quantitative estimate of drug-likeness (QED) is 0.794. The van der Waals surface area contributed by atoms with Crippen molar-refractivity contribution in [2.24, 2.45) is 0 Å². The van der Waals surface area contributed by atoms with Crippen molar-refractivity contribution in [2.45, 2.75) is 45.7 Å². The topological polar surface area (TPSA) is 62.2 Å². The van der Waals surface area contributed by atoms with E-state index in [1.807, 2.05) is 19.9 Å². The molecule has 0 aliphatic carbocycles. The molecule has 0 saturated carbocycles. The van der Waals surface area contributed by atoms with Gasteiger partial charge in [-0.05, 0) is 31.4 Å². The molecule has 1 unspecified atom stereocenters. The van der Waals surface area contributed by atoms with E-state index in [0.29, 0.717) is 13.0 Å². The van der Waals surface area contributed by atoms with Crippen LogP contribution < -0.4 is 5.32 Å². The zero-order chi connectivity index (χ0) is 12.9. The third-order valence-corrected chi connectivity index (χ3v) is 2.84. The van der Waals surface area contributed by atoms with Crippen molar-refractivity contribution < 1.29 is 9.90 Å². The van der Waals surface area contributed by atoms with Gasteiger partial charge in [0.15, 0.2) is 0 Å². The van der Waals surface area contributed by atoms with E-state index in [4.69, 9.17) is 0 Å². The maximum Gasteiger partial charge on any atom is 0.323 e. The van der Waals surface area contributed by atoms with E-state index < -0.39 is 11.5 Å². The molecule has 0 bridgehead atoms. The van der Waals surface area contributed by atoms with Gasteiger partial charge in [0.05, 0.1) is 0 Å². The number of rotatable bonds is 6. The molecule has 1 aromatic rings. The molecule has 94 valence electrons. The number of aryl methyl sites for hydroxylation is 1. The largest absolute Gasteiger partial charge is 0.480 e. The molecule has 0 saturated heterocycles. The second-order valence-corrected chi connectivity index (χ2v) is 4.61. The number of aliphatic carboxylic acids is 1. The predicted octanol–water partition coefficient (Wildman–Crippen LogP) is 2.12. The van der Waals surface area contributed by atoms with Gasteiger partial charge in [-0.2, -0.15) is 0 Å². The normalized spacial score (nSPS) is 14.3. The van der Waals surface area contributed by atoms with Crippen LogP contribution in [0.1, 0.15) is 37.8 Å². The summed E-state index contributed by atoms with van der Waals surface area (Å²) in [7, 11) is 0. The fraction of sp³-hybridized carbons (Fsp3) is 0.538. The summed E-state index contributed by atoms with van der Waals surface area (Å²) < 4.78 is 0. The van der Waals surface area contributed by atoms with Gasteiger partial charge in [-0.15, -0.1) is 0 Å². The van der Waals surface area contributed by atoms with Crippen LogP contribution >= 0.6 is 0 Å². The molecule has 0 aromatic carbocycles. The summed E-state index contributed by atoms with van der Waals surface area (Å²) in [5.74, 6) is -0.806. The van der Waals surface area contributed by atoms with Crippen LogP contribution in [0.3, 0.4) is 0 Å². The third kappa shape index (κ3) is 3.82. The Balaban J connectivity index is 2.67. The number of hydrogen-bond acceptors (Lipinski definition) is 3. The first-order valence-corrected chi connectivity index (χ1v) is 5.87. The highest BCUT2D eigenvalue weighted by atomic mass is 16.4. The lowest BCUT2D eigenvalue weighted by atomic mass is 9.96. The van der Waals surface area contributed by atoms with Crippen molar-refractivity contribution in [1.29, 1.82) is 0 Å². The fourth-order valence-corrected chi connectivity index (χ4v) is 1.78. The van der Waals surface area contributed by atoms with Crippen LogP contribution in [0.15, 0.2) is 18.5 Å². The highest BCUT2D eigenvalue weighted by Crippen LogP contribution is 2.14. The SMILES string of the molecule is CCCC(C)(NCc1cncc(C)c1)C(=O)O. The molecule has 0 aliphatic rings. The Labute approximate surface area is 102 Å². The Morgan fingerprint density at radius 1 is 1.53 bits per heavy atom. The lowest BCUT2D eigenvalue weighted by Gasteiger charge is -2.25. The van der Waals surface area contributed by atoms with E-state index in [-0.39, 0.29) is 0 Å². The number of carbonyl (C=O) groups is 1. The molecule has 2 N–H and O–H groups in total. The molecular weight excluding hydrogens is 216 g/mol. The molecule has 1 atom stereocenters. The minimum Gasteiger partial charge on any atom is -0.480 e. The Morgan fingerprint density at radius 3 is 2.76 bits per heavy atom. The maximum atomic E-state index is 11.2. The van der Waals surface area contributed by atoms with Crippen molar-refractivity contribution >= 4 is 5.97 Å². The van der Waals surface area contributed by atoms with E-state index in [1.165, 1.54) is 0 Å². The number of aromatic nitrogens is 1. The summed E-state index contributed by atoms with van der Waals surface area (Å²) in [6.07, 6.45) is 4.99. The number of pyridine rings is 1. The second kappa shape index (κ2) is 5.77. The monoisotopic (exact) mass is 236 g/mol. The zero-order valence-corrected chi connectivity index (χ0v) is 10.7. The summed E-state index contributed by atoms with van der Waals surface area (Å²) in [6.45, 7) is 6.20. The van der Waals surface area contributed by atoms with Crippen molar-refractivity contribution in [3.8, 4) is 0 Å². The second-order valence-electron chi connectivity index (χ2n) is 4.61. The highest BCUT2D eigenvalue weighted by molar-refractivity contribution is 5.78. The Hall–Kier alpha value is -1.42. The summed E-state index contributed by atoms with van der Waals surface area (Å²) in [4.78, 5) is 15.3. The summed E-state index contributed by atoms with van der Waals surface area (Å²) >= 11 is 0. The highest BCUT2D eigenvalue weighted by Gasteiger charge is 2.31. The first-order chi connectivity index (χ1) is 7.98. The van der Waals surface area contributed by atoms with Gasteiger partial charge in [-0.3, -0.25) is 15.1 Å². The van der Waals surface area contributed by atoms with Gasteiger partial charge in [0.2, 0.25) is 0 Å². The van der Waals surface area contributed by atoms with Gasteiger partial charge in [0, 0.05) is 18.9 Å². The van der Waals surface area contributed by atoms with E-state index in [9.17, 15) is 9.90 Å². The standard InChI is InChI=1S/C13H20N2O2/c1-4-5-13(3,12(16)17)15-9-11-6-10(2)7-14-8-11/h6-8,15H,4-5,9H2,1-3H3,(H,16,17). The molecule has 1 rings (SSSR count). The molecular formula is C13H20N2O2. The third-order valence-electron chi connectivity index (χ3n) is 2.84. The zero-order valence-electron chi connectivity index (χ0n) is 10.7. The van der Waals surface area contributed by atoms with Crippen LogP contribution in [-0.4, -0.2) is 21.6 Å². The van der Waals surface area contributed by atoms with Crippen LogP contribution in [-0.2, 0) is 11.3 Å². The Kier molecular flexibility index (Phi) is 4.63. The summed E-state index contributed by atoms with van der Waals surface area (Å²) in [5.41, 5.74) is 1.23. The van der Waals surface area contributed by atoms with Crippen LogP contribution in [0.25, 0.3) is 0 Å². The Morgan fingerprint density at radius 2 is 2.24 bits per heavy atom. The van der Waals surface area contributed by atoms with Crippen LogP contribution in [0.4, 0.5) is 0 Å². The van der Waals surface area contributed by atoms with Gasteiger partial charge in [0.25, 0.3) is 0 Å². The van der Waals surface area contributed by atoms with E-state index in [2.05, 4.69) is 10.3 Å². The molecule has 1 heterocycles. The molecule has 4 nitrogen and oxygen atoms in total. The number of hydrogen-bond donors (Lipinski definition) is 2. The molecule has 0 aliphatic heterocycles. The predicted molar refractivity (Wildman–Crippen MR) is 66.8 cm³/mol. The van der Waals surface area contributed by atoms with Crippen LogP contribution in [0.2, 0.25) is 0 Å². The molecule has 1 aromatic heterocycles. The summed E-state index contributed by atoms with van der Waals surface area (Å²) in [6, 6.07) is 2.01. The first kappa shape index (κ1) is 13.6. The molecule has 17 heavy (non-hydrogen) atoms. The van der Waals surface area contributed by atoms with Crippen LogP contribution in [0.5, 0.6) is 0 Å². The van der Waals surface area contributed by atoms with Crippen molar-refractivity contribution in [3.05, 3.63) is 29.6 Å². The number of nitrogens with zero attached hydrogens (tertiary/aromatic N) is 1. The lowest BCUT2D eigenvalue weighted by molar-refractivity contribution is -0.144. The molecule has 0 amide bonds. The van der Waals surface area contributed by atoms with Crippen LogP contribution in [0, 0.1) is 6.92 Å². The van der Waals surface area contributed by atoms with Gasteiger partial charge >= 0.3 is 5.97 Å². The molecule has 0 spiro atoms. The number of nitrogens with one attached hydrogen (secondary N) is 1. The van der Waals surface area contributed by atoms with E-state index in [1.54, 1.807) is 19.3 Å². The van der Waals surface area contributed by atoms with Crippen molar-refractivity contribution in [2.75, 3.05) is 0 Å².